The van der Waals surface area contributed by atoms with Gasteiger partial charge < -0.3 is 19.3 Å². The fraction of sp³-hybridized carbons (Fsp3) is 0.158. The number of ether oxygens (including phenoxy) is 3. The van der Waals surface area contributed by atoms with E-state index in [0.717, 1.165) is 5.75 Å². The molecule has 0 unspecified atom stereocenters. The monoisotopic (exact) mass is 339 g/mol. The number of para-hydroxylation sites is 2. The molecule has 0 bridgehead atoms. The van der Waals surface area contributed by atoms with E-state index in [1.807, 2.05) is 30.3 Å². The molecule has 0 aliphatic rings. The molecule has 0 amide bonds. The Morgan fingerprint density at radius 2 is 1.84 bits per heavy atom. The van der Waals surface area contributed by atoms with Crippen molar-refractivity contribution in [3.8, 4) is 23.3 Å². The summed E-state index contributed by atoms with van der Waals surface area (Å²) in [5.74, 6) is 0.222. The highest BCUT2D eigenvalue weighted by Gasteiger charge is 2.13. The Morgan fingerprint density at radius 3 is 2.48 bits per heavy atom. The molecule has 0 heterocycles. The molecule has 0 saturated carbocycles. The smallest absolute Gasteiger partial charge is 0.346 e. The van der Waals surface area contributed by atoms with Crippen LogP contribution in [0.15, 0.2) is 54.1 Å². The minimum absolute atomic E-state index is 0.227. The molecule has 2 aromatic carbocycles. The first-order valence-electron chi connectivity index (χ1n) is 7.48. The summed E-state index contributed by atoms with van der Waals surface area (Å²) in [6, 6.07) is 16.0. The van der Waals surface area contributed by atoms with Gasteiger partial charge in [-0.15, -0.1) is 0 Å². The van der Waals surface area contributed by atoms with E-state index in [1.54, 1.807) is 24.3 Å². The van der Waals surface area contributed by atoms with Gasteiger partial charge in [0.1, 0.15) is 30.6 Å². The Balaban J connectivity index is 2.13. The zero-order chi connectivity index (χ0) is 18.1. The normalized spacial score (nSPS) is 10.6. The standard InChI is InChI=1S/C19H17NO5/c1-23-17-9-5-6-14(12-15(13-20)19(21)22)18(17)25-11-10-24-16-7-3-2-4-8-16/h2-9,12H,10-11H2,1H3,(H,21,22). The maximum Gasteiger partial charge on any atom is 0.346 e. The number of carbonyl (C=O) groups is 1. The SMILES string of the molecule is COc1cccc(C=C(C#N)C(=O)O)c1OCCOc1ccccc1. The Kier molecular flexibility index (Phi) is 6.43. The highest BCUT2D eigenvalue weighted by atomic mass is 16.5. The zero-order valence-electron chi connectivity index (χ0n) is 13.6. The van der Waals surface area contributed by atoms with E-state index in [2.05, 4.69) is 0 Å². The van der Waals surface area contributed by atoms with Crippen LogP contribution in [0.25, 0.3) is 6.08 Å². The summed E-state index contributed by atoms with van der Waals surface area (Å²) in [7, 11) is 1.48. The van der Waals surface area contributed by atoms with Gasteiger partial charge in [-0.25, -0.2) is 4.79 Å². The molecule has 0 radical (unpaired) electrons. The molecule has 1 N–H and O–H groups in total. The van der Waals surface area contributed by atoms with Crippen molar-refractivity contribution in [2.24, 2.45) is 0 Å². The first-order chi connectivity index (χ1) is 12.2. The van der Waals surface area contributed by atoms with E-state index < -0.39 is 11.5 Å². The van der Waals surface area contributed by atoms with E-state index >= 15 is 0 Å². The molecule has 2 rings (SSSR count). The summed E-state index contributed by atoms with van der Waals surface area (Å²) in [4.78, 5) is 11.0. The Morgan fingerprint density at radius 1 is 1.12 bits per heavy atom. The molecule has 0 spiro atoms. The Bertz CT molecular complexity index is 793. The topological polar surface area (TPSA) is 88.8 Å². The van der Waals surface area contributed by atoms with Crippen molar-refractivity contribution >= 4 is 12.0 Å². The minimum atomic E-state index is -1.30. The highest BCUT2D eigenvalue weighted by molar-refractivity contribution is 5.97. The van der Waals surface area contributed by atoms with Gasteiger partial charge in [0.2, 0.25) is 0 Å². The van der Waals surface area contributed by atoms with E-state index in [9.17, 15) is 4.79 Å². The van der Waals surface area contributed by atoms with Crippen LogP contribution in [0.5, 0.6) is 17.2 Å². The summed E-state index contributed by atoms with van der Waals surface area (Å²) in [6.45, 7) is 0.528. The quantitative estimate of drug-likeness (QED) is 0.451. The zero-order valence-corrected chi connectivity index (χ0v) is 13.6. The molecule has 0 fully saturated rings. The van der Waals surface area contributed by atoms with Gasteiger partial charge in [-0.2, -0.15) is 5.26 Å². The van der Waals surface area contributed by atoms with Crippen LogP contribution in [-0.4, -0.2) is 31.4 Å². The fourth-order valence-corrected chi connectivity index (χ4v) is 2.08. The van der Waals surface area contributed by atoms with Gasteiger partial charge in [0.15, 0.2) is 11.5 Å². The summed E-state index contributed by atoms with van der Waals surface area (Å²) in [5, 5.41) is 17.9. The molecule has 6 heteroatoms. The van der Waals surface area contributed by atoms with Gasteiger partial charge in [0.05, 0.1) is 7.11 Å². The number of benzene rings is 2. The minimum Gasteiger partial charge on any atom is -0.493 e. The summed E-state index contributed by atoms with van der Waals surface area (Å²) >= 11 is 0. The number of carboxylic acids is 1. The van der Waals surface area contributed by atoms with Crippen molar-refractivity contribution in [3.05, 3.63) is 59.7 Å². The molecule has 128 valence electrons. The van der Waals surface area contributed by atoms with Crippen molar-refractivity contribution in [2.45, 2.75) is 0 Å². The number of aliphatic carboxylic acids is 1. The van der Waals surface area contributed by atoms with E-state index in [1.165, 1.54) is 13.2 Å². The van der Waals surface area contributed by atoms with Crippen LogP contribution in [0.2, 0.25) is 0 Å². The van der Waals surface area contributed by atoms with Crippen molar-refractivity contribution < 1.29 is 24.1 Å². The van der Waals surface area contributed by atoms with Crippen LogP contribution >= 0.6 is 0 Å². The van der Waals surface area contributed by atoms with Gasteiger partial charge in [-0.1, -0.05) is 30.3 Å². The molecule has 0 aromatic heterocycles. The Hall–Kier alpha value is -3.46. The maximum atomic E-state index is 11.0. The lowest BCUT2D eigenvalue weighted by molar-refractivity contribution is -0.132. The van der Waals surface area contributed by atoms with Gasteiger partial charge >= 0.3 is 5.97 Å². The van der Waals surface area contributed by atoms with Crippen LogP contribution in [0.4, 0.5) is 0 Å². The molecule has 6 nitrogen and oxygen atoms in total. The highest BCUT2D eigenvalue weighted by Crippen LogP contribution is 2.32. The average Bonchev–Trinajstić information content (AvgIpc) is 2.64. The number of nitriles is 1. The van der Waals surface area contributed by atoms with Gasteiger partial charge in [-0.05, 0) is 24.3 Å². The first kappa shape index (κ1) is 17.9. The number of rotatable bonds is 8. The summed E-state index contributed by atoms with van der Waals surface area (Å²) in [5.41, 5.74) is 0.0525. The molecule has 0 saturated heterocycles. The average molecular weight is 339 g/mol. The molecule has 0 aliphatic heterocycles. The second-order valence-electron chi connectivity index (χ2n) is 4.86. The largest absolute Gasteiger partial charge is 0.493 e. The third-order valence-corrected chi connectivity index (χ3v) is 3.22. The second kappa shape index (κ2) is 8.99. The second-order valence-corrected chi connectivity index (χ2v) is 4.86. The summed E-state index contributed by atoms with van der Waals surface area (Å²) in [6.07, 6.45) is 1.25. The van der Waals surface area contributed by atoms with Crippen LogP contribution in [-0.2, 0) is 4.79 Å². The molecular formula is C19H17NO5. The van der Waals surface area contributed by atoms with Crippen LogP contribution < -0.4 is 14.2 Å². The number of hydrogen-bond donors (Lipinski definition) is 1. The molecule has 0 aliphatic carbocycles. The van der Waals surface area contributed by atoms with Gasteiger partial charge in [-0.3, -0.25) is 0 Å². The predicted octanol–water partition coefficient (Wildman–Crippen LogP) is 3.14. The van der Waals surface area contributed by atoms with Crippen LogP contribution in [0.3, 0.4) is 0 Å². The lowest BCUT2D eigenvalue weighted by Crippen LogP contribution is -2.10. The predicted molar refractivity (Wildman–Crippen MR) is 91.7 cm³/mol. The van der Waals surface area contributed by atoms with E-state index in [4.69, 9.17) is 24.6 Å². The van der Waals surface area contributed by atoms with Crippen molar-refractivity contribution in [1.82, 2.24) is 0 Å². The van der Waals surface area contributed by atoms with Crippen molar-refractivity contribution in [1.29, 1.82) is 5.26 Å². The van der Waals surface area contributed by atoms with Crippen LogP contribution in [0, 0.1) is 11.3 Å². The third kappa shape index (κ3) is 5.01. The number of methoxy groups -OCH3 is 1. The molecular weight excluding hydrogens is 322 g/mol. The van der Waals surface area contributed by atoms with E-state index in [-0.39, 0.29) is 6.61 Å². The molecule has 0 atom stereocenters. The first-order valence-corrected chi connectivity index (χ1v) is 7.48. The Labute approximate surface area is 145 Å². The molecule has 2 aromatic rings. The molecule has 25 heavy (non-hydrogen) atoms. The van der Waals surface area contributed by atoms with Gasteiger partial charge in [0, 0.05) is 5.56 Å². The van der Waals surface area contributed by atoms with Crippen LogP contribution in [0.1, 0.15) is 5.56 Å². The lowest BCUT2D eigenvalue weighted by Gasteiger charge is -2.14. The number of nitrogens with zero attached hydrogens (tertiary/aromatic N) is 1. The third-order valence-electron chi connectivity index (χ3n) is 3.22. The number of carboxylic acid groups (broad SMARTS) is 1. The number of hydrogen-bond acceptors (Lipinski definition) is 5. The lowest BCUT2D eigenvalue weighted by atomic mass is 10.1. The van der Waals surface area contributed by atoms with E-state index in [0.29, 0.717) is 23.7 Å². The van der Waals surface area contributed by atoms with Crippen molar-refractivity contribution in [3.63, 3.8) is 0 Å². The summed E-state index contributed by atoms with van der Waals surface area (Å²) < 4.78 is 16.5. The maximum absolute atomic E-state index is 11.0. The van der Waals surface area contributed by atoms with Gasteiger partial charge in [0.25, 0.3) is 0 Å². The van der Waals surface area contributed by atoms with Crippen molar-refractivity contribution in [2.75, 3.05) is 20.3 Å². The fourth-order valence-electron chi connectivity index (χ4n) is 2.08.